The molecule has 0 spiro atoms. The molecule has 0 saturated heterocycles. The Labute approximate surface area is 74.1 Å². The summed E-state index contributed by atoms with van der Waals surface area (Å²) in [7, 11) is -3.87. The Hall–Kier alpha value is 0.120. The van der Waals surface area contributed by atoms with Gasteiger partial charge in [0.15, 0.2) is 0 Å². The zero-order valence-electron chi connectivity index (χ0n) is 8.37. The van der Waals surface area contributed by atoms with Gasteiger partial charge in [0.1, 0.15) is 0 Å². The highest BCUT2D eigenvalue weighted by Crippen LogP contribution is 2.54. The number of rotatable bonds is 4. The first-order valence-electron chi connectivity index (χ1n) is 4.25. The second kappa shape index (κ2) is 4.38. The molecule has 0 fully saturated rings. The van der Waals surface area contributed by atoms with Gasteiger partial charge < -0.3 is 4.52 Å². The van der Waals surface area contributed by atoms with E-state index in [2.05, 4.69) is 0 Å². The van der Waals surface area contributed by atoms with Gasteiger partial charge in [-0.2, -0.15) is 4.20 Å². The van der Waals surface area contributed by atoms with Crippen LogP contribution in [0.4, 0.5) is 4.20 Å². The van der Waals surface area contributed by atoms with Gasteiger partial charge in [0, 0.05) is 0 Å². The monoisotopic (exact) mass is 196 g/mol. The fourth-order valence-corrected chi connectivity index (χ4v) is 1.41. The van der Waals surface area contributed by atoms with E-state index in [1.165, 1.54) is 0 Å². The van der Waals surface area contributed by atoms with Gasteiger partial charge >= 0.3 is 7.68 Å². The van der Waals surface area contributed by atoms with Crippen molar-refractivity contribution in [3.05, 3.63) is 0 Å². The predicted molar refractivity (Wildman–Crippen MR) is 49.2 cm³/mol. The minimum atomic E-state index is -3.87. The molecule has 0 aliphatic rings. The van der Waals surface area contributed by atoms with Crippen molar-refractivity contribution in [3.63, 3.8) is 0 Å². The van der Waals surface area contributed by atoms with Gasteiger partial charge in [0.05, 0.1) is 11.8 Å². The highest BCUT2D eigenvalue weighted by Gasteiger charge is 2.30. The predicted octanol–water partition coefficient (Wildman–Crippen LogP) is 3.62. The van der Waals surface area contributed by atoms with Crippen molar-refractivity contribution in [2.75, 3.05) is 0 Å². The molecule has 0 aromatic carbocycles. The van der Waals surface area contributed by atoms with E-state index < -0.39 is 13.3 Å². The van der Waals surface area contributed by atoms with Crippen LogP contribution in [0.2, 0.25) is 0 Å². The Morgan fingerprint density at radius 1 is 1.17 bits per heavy atom. The summed E-state index contributed by atoms with van der Waals surface area (Å²) in [6.07, 6.45) is -0.289. The normalized spacial score (nSPS) is 19.7. The maximum absolute atomic E-state index is 13.2. The lowest BCUT2D eigenvalue weighted by atomic mass is 10.1. The molecule has 0 aromatic rings. The molecular formula is C8H18FO2P. The van der Waals surface area contributed by atoms with Gasteiger partial charge in [-0.05, 0) is 12.8 Å². The van der Waals surface area contributed by atoms with Crippen molar-refractivity contribution in [1.82, 2.24) is 0 Å². The van der Waals surface area contributed by atoms with Crippen LogP contribution in [0.3, 0.4) is 0 Å². The molecule has 0 amide bonds. The van der Waals surface area contributed by atoms with E-state index in [1.54, 1.807) is 20.8 Å². The summed E-state index contributed by atoms with van der Waals surface area (Å²) >= 11 is 0. The molecule has 74 valence electrons. The molecule has 0 radical (unpaired) electrons. The van der Waals surface area contributed by atoms with E-state index >= 15 is 0 Å². The molecule has 0 rings (SSSR count). The molecule has 0 aliphatic heterocycles. The number of hydrogen-bond donors (Lipinski definition) is 0. The summed E-state index contributed by atoms with van der Waals surface area (Å²) < 4.78 is 29.1. The van der Waals surface area contributed by atoms with Crippen molar-refractivity contribution in [2.24, 2.45) is 5.92 Å². The molecule has 0 aromatic heterocycles. The van der Waals surface area contributed by atoms with Gasteiger partial charge in [-0.3, -0.25) is 4.57 Å². The van der Waals surface area contributed by atoms with Crippen molar-refractivity contribution in [1.29, 1.82) is 0 Å². The van der Waals surface area contributed by atoms with Gasteiger partial charge in [0.2, 0.25) is 0 Å². The van der Waals surface area contributed by atoms with Crippen LogP contribution in [0.15, 0.2) is 0 Å². The summed E-state index contributed by atoms with van der Waals surface area (Å²) in [5, 5.41) is 0. The molecular weight excluding hydrogens is 178 g/mol. The first-order valence-corrected chi connectivity index (χ1v) is 5.83. The fraction of sp³-hybridized carbons (Fsp3) is 1.00. The highest BCUT2D eigenvalue weighted by molar-refractivity contribution is 7.54. The first kappa shape index (κ1) is 12.1. The molecule has 2 atom stereocenters. The van der Waals surface area contributed by atoms with Gasteiger partial charge in [0.25, 0.3) is 0 Å². The van der Waals surface area contributed by atoms with Crippen LogP contribution in [0, 0.1) is 5.92 Å². The minimum Gasteiger partial charge on any atom is -0.302 e. The van der Waals surface area contributed by atoms with Crippen molar-refractivity contribution >= 4 is 7.68 Å². The largest absolute Gasteiger partial charge is 0.370 e. The molecule has 4 heteroatoms. The summed E-state index contributed by atoms with van der Waals surface area (Å²) in [6.45, 7) is 8.68. The Kier molecular flexibility index (Phi) is 4.43. The Morgan fingerprint density at radius 3 is 1.83 bits per heavy atom. The Balaban J connectivity index is 4.16. The first-order chi connectivity index (χ1) is 5.27. The average molecular weight is 196 g/mol. The summed E-state index contributed by atoms with van der Waals surface area (Å²) in [5.41, 5.74) is -0.543. The molecule has 0 N–H and O–H groups in total. The van der Waals surface area contributed by atoms with E-state index in [0.717, 1.165) is 0 Å². The highest BCUT2D eigenvalue weighted by atomic mass is 31.2. The van der Waals surface area contributed by atoms with E-state index in [-0.39, 0.29) is 12.0 Å². The number of halogens is 1. The van der Waals surface area contributed by atoms with Gasteiger partial charge in [-0.1, -0.05) is 27.7 Å². The third-order valence-electron chi connectivity index (χ3n) is 1.87. The SMILES string of the molecule is CC(C)C(C)OP(=O)(F)C(C)C. The zero-order chi connectivity index (χ0) is 9.94. The van der Waals surface area contributed by atoms with Gasteiger partial charge in [-0.25, -0.2) is 0 Å². The topological polar surface area (TPSA) is 26.3 Å². The van der Waals surface area contributed by atoms with E-state index in [4.69, 9.17) is 4.52 Å². The van der Waals surface area contributed by atoms with E-state index in [9.17, 15) is 8.76 Å². The minimum absolute atomic E-state index is 0.188. The smallest absolute Gasteiger partial charge is 0.302 e. The summed E-state index contributed by atoms with van der Waals surface area (Å²) in [5.74, 6) is 0.188. The lowest BCUT2D eigenvalue weighted by Gasteiger charge is -2.21. The van der Waals surface area contributed by atoms with Crippen LogP contribution in [0.25, 0.3) is 0 Å². The second-order valence-corrected chi connectivity index (χ2v) is 5.95. The van der Waals surface area contributed by atoms with Gasteiger partial charge in [-0.15, -0.1) is 0 Å². The van der Waals surface area contributed by atoms with E-state index in [0.29, 0.717) is 0 Å². The average Bonchev–Trinajstić information content (AvgIpc) is 1.85. The lowest BCUT2D eigenvalue weighted by Crippen LogP contribution is -2.15. The van der Waals surface area contributed by atoms with E-state index in [1.807, 2.05) is 13.8 Å². The van der Waals surface area contributed by atoms with Crippen molar-refractivity contribution < 1.29 is 13.3 Å². The lowest BCUT2D eigenvalue weighted by molar-refractivity contribution is 0.157. The Bertz CT molecular complexity index is 180. The van der Waals surface area contributed by atoms with Crippen LogP contribution in [-0.2, 0) is 9.09 Å². The van der Waals surface area contributed by atoms with Crippen LogP contribution in [0.1, 0.15) is 34.6 Å². The number of hydrogen-bond acceptors (Lipinski definition) is 2. The van der Waals surface area contributed by atoms with Crippen LogP contribution >= 0.6 is 7.68 Å². The molecule has 0 bridgehead atoms. The summed E-state index contributed by atoms with van der Waals surface area (Å²) in [6, 6.07) is 0. The molecule has 2 nitrogen and oxygen atoms in total. The Morgan fingerprint density at radius 2 is 1.58 bits per heavy atom. The van der Waals surface area contributed by atoms with Crippen LogP contribution < -0.4 is 0 Å². The maximum Gasteiger partial charge on any atom is 0.370 e. The van der Waals surface area contributed by atoms with Crippen molar-refractivity contribution in [3.8, 4) is 0 Å². The molecule has 12 heavy (non-hydrogen) atoms. The second-order valence-electron chi connectivity index (χ2n) is 3.67. The van der Waals surface area contributed by atoms with Crippen molar-refractivity contribution in [2.45, 2.75) is 46.4 Å². The standard InChI is InChI=1S/C8H18FO2P/c1-6(2)8(5)11-12(9,10)7(3)4/h6-8H,1-5H3. The van der Waals surface area contributed by atoms with Crippen LogP contribution in [-0.4, -0.2) is 11.8 Å². The summed E-state index contributed by atoms with van der Waals surface area (Å²) in [4.78, 5) is 0. The maximum atomic E-state index is 13.2. The third kappa shape index (κ3) is 3.68. The third-order valence-corrected chi connectivity index (χ3v) is 3.72. The molecule has 0 saturated carbocycles. The zero-order valence-corrected chi connectivity index (χ0v) is 9.27. The quantitative estimate of drug-likeness (QED) is 0.642. The fourth-order valence-electron chi connectivity index (χ4n) is 0.470. The van der Waals surface area contributed by atoms with Crippen LogP contribution in [0.5, 0.6) is 0 Å². The molecule has 0 aliphatic carbocycles. The molecule has 2 unspecified atom stereocenters. The molecule has 0 heterocycles.